The number of anilines is 2. The number of amides is 3. The minimum Gasteiger partial charge on any atom is -0.342 e. The summed E-state index contributed by atoms with van der Waals surface area (Å²) in [5, 5.41) is 15.2. The molecule has 0 bridgehead atoms. The molecule has 2 N–H and O–H groups in total. The summed E-state index contributed by atoms with van der Waals surface area (Å²) < 4.78 is 1.90. The number of unbranched alkanes of at least 4 members (excludes halogenated alkanes) is 7. The summed E-state index contributed by atoms with van der Waals surface area (Å²) in [5.74, 6) is -0.172. The van der Waals surface area contributed by atoms with Gasteiger partial charge in [-0.05, 0) is 74.4 Å². The lowest BCUT2D eigenvalue weighted by atomic mass is 9.95. The van der Waals surface area contributed by atoms with Crippen LogP contribution in [0.2, 0.25) is 0 Å². The Labute approximate surface area is 343 Å². The van der Waals surface area contributed by atoms with E-state index < -0.39 is 6.04 Å². The number of aryl methyl sites for hydroxylation is 1. The molecule has 1 aliphatic heterocycles. The van der Waals surface area contributed by atoms with E-state index in [0.717, 1.165) is 59.4 Å². The Hall–Kier alpha value is -5.45. The van der Waals surface area contributed by atoms with Crippen LogP contribution < -0.4 is 15.5 Å². The number of fused-ring (bicyclic) bond motifs is 5. The van der Waals surface area contributed by atoms with Crippen LogP contribution in [0.5, 0.6) is 0 Å². The van der Waals surface area contributed by atoms with E-state index in [9.17, 15) is 24.0 Å². The van der Waals surface area contributed by atoms with Gasteiger partial charge >= 0.3 is 0 Å². The Bertz CT molecular complexity index is 2000. The van der Waals surface area contributed by atoms with Crippen LogP contribution in [-0.2, 0) is 32.3 Å². The molecule has 5 rings (SSSR count). The lowest BCUT2D eigenvalue weighted by molar-refractivity contribution is -0.121. The summed E-state index contributed by atoms with van der Waals surface area (Å²) in [4.78, 5) is 66.5. The first kappa shape index (κ1) is 43.7. The maximum absolute atomic E-state index is 13.9. The van der Waals surface area contributed by atoms with E-state index in [1.165, 1.54) is 12.8 Å². The van der Waals surface area contributed by atoms with Gasteiger partial charge in [-0.15, -0.1) is 5.10 Å². The van der Waals surface area contributed by atoms with Crippen molar-refractivity contribution >= 4 is 40.7 Å². The van der Waals surface area contributed by atoms with Crippen molar-refractivity contribution in [1.29, 1.82) is 0 Å². The van der Waals surface area contributed by atoms with Crippen molar-refractivity contribution in [3.05, 3.63) is 83.9 Å². The van der Waals surface area contributed by atoms with Gasteiger partial charge in [0, 0.05) is 61.0 Å². The van der Waals surface area contributed by atoms with Gasteiger partial charge in [0.1, 0.15) is 11.5 Å². The molecule has 11 heteroatoms. The van der Waals surface area contributed by atoms with E-state index >= 15 is 0 Å². The zero-order chi connectivity index (χ0) is 41.3. The number of nitrogens with one attached hydrogen (secondary N) is 2. The van der Waals surface area contributed by atoms with Gasteiger partial charge in [-0.25, -0.2) is 4.68 Å². The molecule has 0 fully saturated rings. The zero-order valence-electron chi connectivity index (χ0n) is 34.6. The average molecular weight is 789 g/mol. The molecular weight excluding hydrogens is 729 g/mol. The topological polar surface area (TPSA) is 143 Å². The van der Waals surface area contributed by atoms with Crippen molar-refractivity contribution in [3.63, 3.8) is 0 Å². The highest BCUT2D eigenvalue weighted by Gasteiger charge is 2.29. The SMILES string of the molecule is CCCCCCCCC(=O)C(CCCCn1nnc2c1-c1ccccc1N(C(=O)CCCCC(=O)CC)Cc1ccccc1-2)NC(=O)c1ccc(NC(=O)CC)cc1. The van der Waals surface area contributed by atoms with Crippen molar-refractivity contribution in [1.82, 2.24) is 20.3 Å². The number of rotatable bonds is 23. The lowest BCUT2D eigenvalue weighted by Gasteiger charge is -2.29. The van der Waals surface area contributed by atoms with Crippen LogP contribution in [0, 0.1) is 0 Å². The van der Waals surface area contributed by atoms with Crippen molar-refractivity contribution in [2.24, 2.45) is 0 Å². The molecule has 1 unspecified atom stereocenters. The molecule has 58 heavy (non-hydrogen) atoms. The van der Waals surface area contributed by atoms with Gasteiger partial charge in [0.2, 0.25) is 11.8 Å². The molecule has 3 amide bonds. The largest absolute Gasteiger partial charge is 0.342 e. The third-order valence-corrected chi connectivity index (χ3v) is 10.9. The van der Waals surface area contributed by atoms with Gasteiger partial charge < -0.3 is 15.5 Å². The Kier molecular flexibility index (Phi) is 16.9. The van der Waals surface area contributed by atoms with Crippen LogP contribution in [0.15, 0.2) is 72.8 Å². The molecule has 3 aromatic carbocycles. The van der Waals surface area contributed by atoms with Crippen LogP contribution in [0.4, 0.5) is 11.4 Å². The first-order valence-electron chi connectivity index (χ1n) is 21.4. The Morgan fingerprint density at radius 2 is 1.40 bits per heavy atom. The molecule has 11 nitrogen and oxygen atoms in total. The van der Waals surface area contributed by atoms with E-state index in [2.05, 4.69) is 22.8 Å². The van der Waals surface area contributed by atoms with Crippen molar-refractivity contribution in [2.75, 3.05) is 10.2 Å². The highest BCUT2D eigenvalue weighted by Crippen LogP contribution is 2.41. The molecule has 0 spiro atoms. The van der Waals surface area contributed by atoms with Crippen LogP contribution in [0.1, 0.15) is 139 Å². The van der Waals surface area contributed by atoms with Crippen molar-refractivity contribution in [3.8, 4) is 22.5 Å². The Balaban J connectivity index is 1.31. The van der Waals surface area contributed by atoms with Gasteiger partial charge in [0.05, 0.1) is 24.0 Å². The van der Waals surface area contributed by atoms with Crippen LogP contribution in [0.3, 0.4) is 0 Å². The summed E-state index contributed by atoms with van der Waals surface area (Å²) in [6, 6.07) is 22.0. The molecule has 1 aliphatic rings. The molecule has 0 saturated carbocycles. The summed E-state index contributed by atoms with van der Waals surface area (Å²) in [7, 11) is 0. The second-order valence-electron chi connectivity index (χ2n) is 15.2. The van der Waals surface area contributed by atoms with Crippen LogP contribution in [0.25, 0.3) is 22.5 Å². The number of aromatic nitrogens is 3. The lowest BCUT2D eigenvalue weighted by Crippen LogP contribution is -2.40. The van der Waals surface area contributed by atoms with Gasteiger partial charge in [-0.1, -0.05) is 101 Å². The van der Waals surface area contributed by atoms with E-state index in [4.69, 9.17) is 5.10 Å². The molecule has 1 aromatic heterocycles. The third kappa shape index (κ3) is 12.0. The van der Waals surface area contributed by atoms with Crippen LogP contribution >= 0.6 is 0 Å². The second-order valence-corrected chi connectivity index (χ2v) is 15.2. The van der Waals surface area contributed by atoms with Gasteiger partial charge in [-0.3, -0.25) is 24.0 Å². The van der Waals surface area contributed by atoms with E-state index in [0.29, 0.717) is 88.5 Å². The van der Waals surface area contributed by atoms with Crippen molar-refractivity contribution < 1.29 is 24.0 Å². The molecule has 0 aliphatic carbocycles. The van der Waals surface area contributed by atoms with Gasteiger partial charge in [0.25, 0.3) is 5.91 Å². The van der Waals surface area contributed by atoms with Gasteiger partial charge in [-0.2, -0.15) is 0 Å². The number of nitrogens with zero attached hydrogens (tertiary/aromatic N) is 4. The van der Waals surface area contributed by atoms with E-state index in [1.807, 2.05) is 65.0 Å². The average Bonchev–Trinajstić information content (AvgIpc) is 3.66. The fourth-order valence-corrected chi connectivity index (χ4v) is 7.48. The maximum Gasteiger partial charge on any atom is 0.251 e. The molecule has 1 atom stereocenters. The minimum absolute atomic E-state index is 0.00611. The number of ketones is 2. The quantitative estimate of drug-likeness (QED) is 0.0713. The van der Waals surface area contributed by atoms with Gasteiger partial charge in [0.15, 0.2) is 5.78 Å². The third-order valence-electron chi connectivity index (χ3n) is 10.9. The number of hydrogen-bond acceptors (Lipinski definition) is 7. The monoisotopic (exact) mass is 788 g/mol. The minimum atomic E-state index is -0.633. The second kappa shape index (κ2) is 22.5. The number of Topliss-reactive ketones (excluding diaryl/α,β-unsaturated/α-hetero) is 2. The van der Waals surface area contributed by atoms with E-state index in [-0.39, 0.29) is 29.3 Å². The van der Waals surface area contributed by atoms with Crippen LogP contribution in [-0.4, -0.2) is 50.3 Å². The smallest absolute Gasteiger partial charge is 0.251 e. The van der Waals surface area contributed by atoms with E-state index in [1.54, 1.807) is 31.2 Å². The maximum atomic E-state index is 13.9. The molecular formula is C47H60N6O5. The number of carbonyl (C=O) groups excluding carboxylic acids is 5. The fraction of sp³-hybridized carbons (Fsp3) is 0.468. The standard InChI is InChI=1S/C47H60N6O5/c1-4-7-8-9-10-11-26-42(55)40(49-47(58)34-28-30-36(31-29-34)48-43(56)6-3)24-18-19-32-53-46-39-23-15-16-25-41(39)52(44(57)27-17-13-21-37(54)5-2)33-35-20-12-14-22-38(35)45(46)50-51-53/h12,14-16,20,22-23,25,28-31,40H,4-11,13,17-19,21,24,26-27,32-33H2,1-3H3,(H,48,56)(H,49,58). The Morgan fingerprint density at radius 3 is 2.16 bits per heavy atom. The highest BCUT2D eigenvalue weighted by molar-refractivity contribution is 6.00. The fourth-order valence-electron chi connectivity index (χ4n) is 7.48. The molecule has 0 radical (unpaired) electrons. The Morgan fingerprint density at radius 1 is 0.707 bits per heavy atom. The summed E-state index contributed by atoms with van der Waals surface area (Å²) >= 11 is 0. The molecule has 2 heterocycles. The molecule has 0 saturated heterocycles. The number of benzene rings is 3. The first-order valence-corrected chi connectivity index (χ1v) is 21.4. The molecule has 4 aromatic rings. The molecule has 308 valence electrons. The first-order chi connectivity index (χ1) is 28.2. The summed E-state index contributed by atoms with van der Waals surface area (Å²) in [6.45, 7) is 6.75. The predicted octanol–water partition coefficient (Wildman–Crippen LogP) is 9.64. The summed E-state index contributed by atoms with van der Waals surface area (Å²) in [6.07, 6.45) is 11.7. The highest BCUT2D eigenvalue weighted by atomic mass is 16.2. The van der Waals surface area contributed by atoms with Crippen molar-refractivity contribution in [2.45, 2.75) is 143 Å². The number of para-hydroxylation sites is 1. The zero-order valence-corrected chi connectivity index (χ0v) is 34.6. The number of carbonyl (C=O) groups is 5. The normalized spacial score (nSPS) is 12.4. The number of hydrogen-bond donors (Lipinski definition) is 2. The summed E-state index contributed by atoms with van der Waals surface area (Å²) in [5.41, 5.74) is 6.18. The predicted molar refractivity (Wildman–Crippen MR) is 229 cm³/mol.